The van der Waals surface area contributed by atoms with E-state index in [0.717, 1.165) is 10.4 Å². The maximum absolute atomic E-state index is 13.3. The minimum absolute atomic E-state index is 0.0521. The van der Waals surface area contributed by atoms with E-state index in [4.69, 9.17) is 4.74 Å². The Labute approximate surface area is 193 Å². The predicted molar refractivity (Wildman–Crippen MR) is 127 cm³/mol. The molecule has 166 valence electrons. The summed E-state index contributed by atoms with van der Waals surface area (Å²) in [6.07, 6.45) is 0.563. The van der Waals surface area contributed by atoms with Crippen LogP contribution in [0, 0.1) is 0 Å². The minimum atomic E-state index is -0.837. The molecule has 2 aromatic heterocycles. The highest BCUT2D eigenvalue weighted by Gasteiger charge is 2.33. The highest BCUT2D eigenvalue weighted by molar-refractivity contribution is 7.21. The van der Waals surface area contributed by atoms with Gasteiger partial charge in [-0.2, -0.15) is 0 Å². The fourth-order valence-corrected chi connectivity index (χ4v) is 4.81. The van der Waals surface area contributed by atoms with Gasteiger partial charge in [-0.25, -0.2) is 4.98 Å². The molecular formula is C24H20N4O4S. The van der Waals surface area contributed by atoms with Gasteiger partial charge in [0.1, 0.15) is 17.1 Å². The Kier molecular flexibility index (Phi) is 5.39. The topological polar surface area (TPSA) is 93.5 Å². The van der Waals surface area contributed by atoms with Gasteiger partial charge in [0.15, 0.2) is 6.10 Å². The lowest BCUT2D eigenvalue weighted by molar-refractivity contribution is -0.128. The van der Waals surface area contributed by atoms with E-state index >= 15 is 0 Å². The number of anilines is 1. The van der Waals surface area contributed by atoms with Crippen molar-refractivity contribution in [3.63, 3.8) is 0 Å². The molecular weight excluding hydrogens is 440 g/mol. The number of amides is 2. The molecule has 3 heterocycles. The van der Waals surface area contributed by atoms with Crippen LogP contribution < -0.4 is 20.5 Å². The first-order chi connectivity index (χ1) is 16.0. The lowest BCUT2D eigenvalue weighted by atomic mass is 10.1. The van der Waals surface area contributed by atoms with Crippen LogP contribution in [0.5, 0.6) is 5.75 Å². The van der Waals surface area contributed by atoms with Crippen LogP contribution in [-0.4, -0.2) is 41.1 Å². The van der Waals surface area contributed by atoms with Crippen molar-refractivity contribution < 1.29 is 14.3 Å². The molecule has 0 radical (unpaired) electrons. The van der Waals surface area contributed by atoms with Crippen molar-refractivity contribution in [2.45, 2.75) is 12.6 Å². The van der Waals surface area contributed by atoms with Crippen LogP contribution in [0.3, 0.4) is 0 Å². The number of rotatable bonds is 4. The zero-order valence-electron chi connectivity index (χ0n) is 17.7. The van der Waals surface area contributed by atoms with Gasteiger partial charge >= 0.3 is 0 Å². The molecule has 1 N–H and O–H groups in total. The van der Waals surface area contributed by atoms with Gasteiger partial charge < -0.3 is 15.0 Å². The van der Waals surface area contributed by atoms with Gasteiger partial charge in [-0.15, -0.1) is 11.3 Å². The summed E-state index contributed by atoms with van der Waals surface area (Å²) >= 11 is 1.44. The number of aromatic nitrogens is 2. The molecule has 5 rings (SSSR count). The summed E-state index contributed by atoms with van der Waals surface area (Å²) in [5.74, 6) is -0.215. The van der Waals surface area contributed by atoms with Crippen LogP contribution in [-0.2, 0) is 16.1 Å². The quantitative estimate of drug-likeness (QED) is 0.505. The molecule has 4 aromatic rings. The van der Waals surface area contributed by atoms with Gasteiger partial charge in [0.25, 0.3) is 11.5 Å². The summed E-state index contributed by atoms with van der Waals surface area (Å²) in [5.41, 5.74) is 1.29. The van der Waals surface area contributed by atoms with Crippen molar-refractivity contribution in [2.75, 3.05) is 18.5 Å². The number of benzene rings is 2. The third-order valence-electron chi connectivity index (χ3n) is 5.50. The van der Waals surface area contributed by atoms with Crippen LogP contribution in [0.2, 0.25) is 0 Å². The largest absolute Gasteiger partial charge is 0.477 e. The number of fused-ring (bicyclic) bond motifs is 2. The van der Waals surface area contributed by atoms with Crippen molar-refractivity contribution in [3.8, 4) is 16.2 Å². The number of ether oxygens (including phenoxy) is 1. The molecule has 2 aromatic carbocycles. The first-order valence-electron chi connectivity index (χ1n) is 10.4. The Morgan fingerprint density at radius 1 is 1.15 bits per heavy atom. The van der Waals surface area contributed by atoms with Gasteiger partial charge in [-0.05, 0) is 23.8 Å². The first kappa shape index (κ1) is 20.9. The maximum atomic E-state index is 13.3. The molecule has 9 heteroatoms. The summed E-state index contributed by atoms with van der Waals surface area (Å²) in [6.45, 7) is -0.149. The van der Waals surface area contributed by atoms with E-state index < -0.39 is 6.10 Å². The number of nitrogens with zero attached hydrogens (tertiary/aromatic N) is 3. The second-order valence-corrected chi connectivity index (χ2v) is 8.60. The van der Waals surface area contributed by atoms with Crippen LogP contribution in [0.25, 0.3) is 20.7 Å². The van der Waals surface area contributed by atoms with E-state index in [1.54, 1.807) is 24.3 Å². The third-order valence-corrected chi connectivity index (χ3v) is 6.59. The average Bonchev–Trinajstić information content (AvgIpc) is 3.30. The minimum Gasteiger partial charge on any atom is -0.477 e. The maximum Gasteiger partial charge on any atom is 0.262 e. The molecule has 0 bridgehead atoms. The molecule has 0 fully saturated rings. The van der Waals surface area contributed by atoms with E-state index in [9.17, 15) is 14.4 Å². The Morgan fingerprint density at radius 2 is 1.91 bits per heavy atom. The highest BCUT2D eigenvalue weighted by atomic mass is 32.1. The van der Waals surface area contributed by atoms with Gasteiger partial charge in [-0.3, -0.25) is 19.0 Å². The zero-order valence-corrected chi connectivity index (χ0v) is 18.5. The predicted octanol–water partition coefficient (Wildman–Crippen LogP) is 2.67. The lowest BCUT2D eigenvalue weighted by Gasteiger charge is -2.34. The number of carbonyl (C=O) groups is 2. The van der Waals surface area contributed by atoms with Crippen molar-refractivity contribution >= 4 is 39.1 Å². The van der Waals surface area contributed by atoms with Gasteiger partial charge in [0.2, 0.25) is 5.91 Å². The van der Waals surface area contributed by atoms with E-state index in [1.165, 1.54) is 34.2 Å². The first-order valence-corrected chi connectivity index (χ1v) is 11.2. The van der Waals surface area contributed by atoms with E-state index in [1.807, 2.05) is 36.4 Å². The Hall–Kier alpha value is -3.98. The van der Waals surface area contributed by atoms with Crippen LogP contribution in [0.1, 0.15) is 0 Å². The van der Waals surface area contributed by atoms with Gasteiger partial charge in [0, 0.05) is 11.9 Å². The lowest BCUT2D eigenvalue weighted by Crippen LogP contribution is -2.51. The van der Waals surface area contributed by atoms with Crippen LogP contribution in [0.15, 0.2) is 71.8 Å². The number of carbonyl (C=O) groups excluding carboxylic acids is 2. The third kappa shape index (κ3) is 3.87. The fraction of sp³-hybridized carbons (Fsp3) is 0.167. The molecule has 0 aliphatic carbocycles. The molecule has 33 heavy (non-hydrogen) atoms. The van der Waals surface area contributed by atoms with Crippen molar-refractivity contribution in [2.24, 2.45) is 0 Å². The fourth-order valence-electron chi connectivity index (χ4n) is 3.82. The molecule has 2 amide bonds. The second-order valence-electron chi connectivity index (χ2n) is 7.57. The van der Waals surface area contributed by atoms with E-state index in [-0.39, 0.29) is 30.5 Å². The number of hydrogen-bond acceptors (Lipinski definition) is 6. The Bertz CT molecular complexity index is 1410. The molecule has 0 spiro atoms. The summed E-state index contributed by atoms with van der Waals surface area (Å²) < 4.78 is 7.06. The summed E-state index contributed by atoms with van der Waals surface area (Å²) in [7, 11) is 1.52. The van der Waals surface area contributed by atoms with Gasteiger partial charge in [0.05, 0.1) is 23.9 Å². The Balaban J connectivity index is 1.46. The van der Waals surface area contributed by atoms with Crippen LogP contribution in [0.4, 0.5) is 5.69 Å². The molecule has 1 aliphatic rings. The van der Waals surface area contributed by atoms with Crippen molar-refractivity contribution in [1.29, 1.82) is 0 Å². The van der Waals surface area contributed by atoms with Gasteiger partial charge in [-0.1, -0.05) is 42.5 Å². The summed E-state index contributed by atoms with van der Waals surface area (Å²) in [4.78, 5) is 46.0. The highest BCUT2D eigenvalue weighted by Crippen LogP contribution is 2.33. The number of hydrogen-bond donors (Lipinski definition) is 1. The van der Waals surface area contributed by atoms with Crippen LogP contribution >= 0.6 is 11.3 Å². The molecule has 8 nitrogen and oxygen atoms in total. The molecule has 0 saturated carbocycles. The summed E-state index contributed by atoms with van der Waals surface area (Å²) in [5, 5.41) is 3.03. The SMILES string of the molecule is CNC(=O)C1CN(C(=O)Cn2cnc3sc(-c4ccccc4)cc3c2=O)c2ccccc2O1. The molecule has 1 aliphatic heterocycles. The molecule has 1 unspecified atom stereocenters. The molecule has 1 atom stereocenters. The monoisotopic (exact) mass is 460 g/mol. The second kappa shape index (κ2) is 8.51. The number of para-hydroxylation sites is 2. The number of nitrogens with one attached hydrogen (secondary N) is 1. The van der Waals surface area contributed by atoms with Crippen molar-refractivity contribution in [1.82, 2.24) is 14.9 Å². The van der Waals surface area contributed by atoms with E-state index in [0.29, 0.717) is 21.7 Å². The Morgan fingerprint density at radius 3 is 2.70 bits per heavy atom. The number of thiophene rings is 1. The van der Waals surface area contributed by atoms with E-state index in [2.05, 4.69) is 10.3 Å². The average molecular weight is 461 g/mol. The standard InChI is InChI=1S/C24H20N4O4S/c1-25-22(30)19-12-28(17-9-5-6-10-18(17)32-19)21(29)13-27-14-26-23-16(24(27)31)11-20(33-23)15-7-3-2-4-8-15/h2-11,14,19H,12-13H2,1H3,(H,25,30). The smallest absolute Gasteiger partial charge is 0.262 e. The number of likely N-dealkylation sites (N-methyl/N-ethyl adjacent to an activating group) is 1. The summed E-state index contributed by atoms with van der Waals surface area (Å²) in [6, 6.07) is 18.6. The van der Waals surface area contributed by atoms with Crippen molar-refractivity contribution in [3.05, 3.63) is 77.3 Å². The molecule has 0 saturated heterocycles. The zero-order chi connectivity index (χ0) is 22.9. The normalized spacial score (nSPS) is 15.1.